The molecule has 0 fully saturated rings. The van der Waals surface area contributed by atoms with E-state index in [4.69, 9.17) is 4.74 Å². The van der Waals surface area contributed by atoms with Crippen LogP contribution in [0.15, 0.2) is 54.2 Å². The van der Waals surface area contributed by atoms with Crippen LogP contribution in [-0.2, 0) is 5.41 Å². The highest BCUT2D eigenvalue weighted by Gasteiger charge is 2.12. The Hall–Kier alpha value is -2.73. The maximum Gasteiger partial charge on any atom is 0.119 e. The van der Waals surface area contributed by atoms with Crippen molar-refractivity contribution in [3.8, 4) is 11.8 Å². The standard InChI is InChI=1S/C20H22N2O/c1-20(2,3)16-7-5-15(6-8-16)13-18(14-21)22-17-9-11-19(23-4)12-10-17/h5-13,22H,1-4H3. The van der Waals surface area contributed by atoms with Crippen LogP contribution in [0.1, 0.15) is 31.9 Å². The molecular weight excluding hydrogens is 284 g/mol. The quantitative estimate of drug-likeness (QED) is 0.811. The summed E-state index contributed by atoms with van der Waals surface area (Å²) in [7, 11) is 1.63. The molecule has 0 aliphatic heterocycles. The molecule has 3 heteroatoms. The SMILES string of the molecule is COc1ccc(NC(C#N)=Cc2ccc(C(C)(C)C)cc2)cc1. The lowest BCUT2D eigenvalue weighted by atomic mass is 9.87. The van der Waals surface area contributed by atoms with E-state index in [0.717, 1.165) is 17.0 Å². The zero-order valence-corrected chi connectivity index (χ0v) is 14.1. The zero-order chi connectivity index (χ0) is 16.9. The highest BCUT2D eigenvalue weighted by Crippen LogP contribution is 2.23. The molecule has 118 valence electrons. The number of hydrogen-bond acceptors (Lipinski definition) is 3. The number of nitrogens with zero attached hydrogens (tertiary/aromatic N) is 1. The second kappa shape index (κ2) is 7.02. The van der Waals surface area contributed by atoms with E-state index in [9.17, 15) is 5.26 Å². The molecule has 2 rings (SSSR count). The third-order valence-corrected chi connectivity index (χ3v) is 3.58. The van der Waals surface area contributed by atoms with Gasteiger partial charge in [0.1, 0.15) is 17.5 Å². The Bertz CT molecular complexity index is 714. The van der Waals surface area contributed by atoms with Crippen molar-refractivity contribution < 1.29 is 4.74 Å². The van der Waals surface area contributed by atoms with Crippen molar-refractivity contribution in [1.82, 2.24) is 0 Å². The summed E-state index contributed by atoms with van der Waals surface area (Å²) in [5, 5.41) is 12.4. The van der Waals surface area contributed by atoms with Gasteiger partial charge in [-0.05, 0) is 46.9 Å². The number of rotatable bonds is 4. The van der Waals surface area contributed by atoms with Crippen molar-refractivity contribution in [3.05, 3.63) is 65.4 Å². The van der Waals surface area contributed by atoms with Gasteiger partial charge in [0.15, 0.2) is 0 Å². The van der Waals surface area contributed by atoms with Crippen LogP contribution in [0.5, 0.6) is 5.75 Å². The number of nitrogens with one attached hydrogen (secondary N) is 1. The van der Waals surface area contributed by atoms with Gasteiger partial charge < -0.3 is 10.1 Å². The van der Waals surface area contributed by atoms with Crippen LogP contribution in [0.4, 0.5) is 5.69 Å². The summed E-state index contributed by atoms with van der Waals surface area (Å²) in [6, 6.07) is 17.9. The fourth-order valence-electron chi connectivity index (χ4n) is 2.17. The summed E-state index contributed by atoms with van der Waals surface area (Å²) in [6.07, 6.45) is 1.84. The van der Waals surface area contributed by atoms with Crippen LogP contribution in [0.25, 0.3) is 6.08 Å². The topological polar surface area (TPSA) is 45.0 Å². The van der Waals surface area contributed by atoms with E-state index in [1.165, 1.54) is 5.56 Å². The zero-order valence-electron chi connectivity index (χ0n) is 14.1. The Balaban J connectivity index is 2.16. The van der Waals surface area contributed by atoms with Crippen LogP contribution < -0.4 is 10.1 Å². The predicted octanol–water partition coefficient (Wildman–Crippen LogP) is 4.97. The van der Waals surface area contributed by atoms with E-state index in [0.29, 0.717) is 5.70 Å². The second-order valence-corrected chi connectivity index (χ2v) is 6.40. The molecule has 0 atom stereocenters. The predicted molar refractivity (Wildman–Crippen MR) is 95.3 cm³/mol. The first-order chi connectivity index (χ1) is 10.9. The smallest absolute Gasteiger partial charge is 0.119 e. The van der Waals surface area contributed by atoms with E-state index in [1.54, 1.807) is 7.11 Å². The largest absolute Gasteiger partial charge is 0.497 e. The number of hydrogen-bond donors (Lipinski definition) is 1. The molecular formula is C20H22N2O. The molecule has 0 bridgehead atoms. The molecule has 0 amide bonds. The highest BCUT2D eigenvalue weighted by molar-refractivity contribution is 5.64. The molecule has 0 heterocycles. The number of benzene rings is 2. The molecule has 3 nitrogen and oxygen atoms in total. The molecule has 0 aliphatic rings. The van der Waals surface area contributed by atoms with Gasteiger partial charge in [0.25, 0.3) is 0 Å². The van der Waals surface area contributed by atoms with Crippen LogP contribution in [0.3, 0.4) is 0 Å². The first kappa shape index (κ1) is 16.6. The van der Waals surface area contributed by atoms with Gasteiger partial charge in [-0.15, -0.1) is 0 Å². The Labute approximate surface area is 138 Å². The molecule has 0 aromatic heterocycles. The van der Waals surface area contributed by atoms with Crippen molar-refractivity contribution in [2.24, 2.45) is 0 Å². The molecule has 0 aliphatic carbocycles. The van der Waals surface area contributed by atoms with Gasteiger partial charge in [0.05, 0.1) is 7.11 Å². The van der Waals surface area contributed by atoms with Crippen LogP contribution in [0.2, 0.25) is 0 Å². The molecule has 23 heavy (non-hydrogen) atoms. The highest BCUT2D eigenvalue weighted by atomic mass is 16.5. The van der Waals surface area contributed by atoms with Crippen molar-refractivity contribution in [1.29, 1.82) is 5.26 Å². The maximum absolute atomic E-state index is 9.33. The molecule has 0 radical (unpaired) electrons. The normalized spacial score (nSPS) is 11.7. The molecule has 0 spiro atoms. The van der Waals surface area contributed by atoms with E-state index in [1.807, 2.05) is 42.5 Å². The summed E-state index contributed by atoms with van der Waals surface area (Å²) in [5.74, 6) is 0.788. The number of nitriles is 1. The van der Waals surface area contributed by atoms with Crippen molar-refractivity contribution >= 4 is 11.8 Å². The molecule has 1 N–H and O–H groups in total. The van der Waals surface area contributed by atoms with Gasteiger partial charge >= 0.3 is 0 Å². The third kappa shape index (κ3) is 4.62. The molecule has 0 unspecified atom stereocenters. The minimum absolute atomic E-state index is 0.127. The minimum atomic E-state index is 0.127. The van der Waals surface area contributed by atoms with Gasteiger partial charge in [-0.3, -0.25) is 0 Å². The van der Waals surface area contributed by atoms with Gasteiger partial charge in [-0.25, -0.2) is 0 Å². The Kier molecular flexibility index (Phi) is 5.08. The number of methoxy groups -OCH3 is 1. The maximum atomic E-state index is 9.33. The lowest BCUT2D eigenvalue weighted by Gasteiger charge is -2.18. The summed E-state index contributed by atoms with van der Waals surface area (Å²) in [5.41, 5.74) is 3.75. The van der Waals surface area contributed by atoms with E-state index in [2.05, 4.69) is 44.3 Å². The van der Waals surface area contributed by atoms with Crippen molar-refractivity contribution in [2.75, 3.05) is 12.4 Å². The lowest BCUT2D eigenvalue weighted by molar-refractivity contribution is 0.415. The number of anilines is 1. The van der Waals surface area contributed by atoms with Gasteiger partial charge in [0.2, 0.25) is 0 Å². The fourth-order valence-corrected chi connectivity index (χ4v) is 2.17. The van der Waals surface area contributed by atoms with E-state index >= 15 is 0 Å². The third-order valence-electron chi connectivity index (χ3n) is 3.58. The number of allylic oxidation sites excluding steroid dienone is 1. The summed E-state index contributed by atoms with van der Waals surface area (Å²) >= 11 is 0. The molecule has 0 saturated heterocycles. The number of ether oxygens (including phenoxy) is 1. The average Bonchev–Trinajstić information content (AvgIpc) is 2.54. The Morgan fingerprint density at radius 3 is 2.13 bits per heavy atom. The Morgan fingerprint density at radius 1 is 1.04 bits per heavy atom. The van der Waals surface area contributed by atoms with Crippen molar-refractivity contribution in [3.63, 3.8) is 0 Å². The van der Waals surface area contributed by atoms with Gasteiger partial charge in [-0.2, -0.15) is 5.26 Å². The van der Waals surface area contributed by atoms with Gasteiger partial charge in [0, 0.05) is 5.69 Å². The van der Waals surface area contributed by atoms with E-state index < -0.39 is 0 Å². The van der Waals surface area contributed by atoms with Crippen LogP contribution >= 0.6 is 0 Å². The van der Waals surface area contributed by atoms with Crippen LogP contribution in [0, 0.1) is 11.3 Å². The second-order valence-electron chi connectivity index (χ2n) is 6.40. The lowest BCUT2D eigenvalue weighted by Crippen LogP contribution is -2.10. The van der Waals surface area contributed by atoms with Gasteiger partial charge in [-0.1, -0.05) is 45.0 Å². The van der Waals surface area contributed by atoms with Crippen molar-refractivity contribution in [2.45, 2.75) is 26.2 Å². The molecule has 0 saturated carbocycles. The van der Waals surface area contributed by atoms with Crippen LogP contribution in [-0.4, -0.2) is 7.11 Å². The first-order valence-corrected chi connectivity index (χ1v) is 7.56. The molecule has 2 aromatic rings. The van der Waals surface area contributed by atoms with E-state index in [-0.39, 0.29) is 5.41 Å². The summed E-state index contributed by atoms with van der Waals surface area (Å²) in [6.45, 7) is 6.55. The Morgan fingerprint density at radius 2 is 1.65 bits per heavy atom. The fraction of sp³-hybridized carbons (Fsp3) is 0.250. The first-order valence-electron chi connectivity index (χ1n) is 7.56. The average molecular weight is 306 g/mol. The summed E-state index contributed by atoms with van der Waals surface area (Å²) < 4.78 is 5.13. The molecule has 2 aromatic carbocycles. The summed E-state index contributed by atoms with van der Waals surface area (Å²) in [4.78, 5) is 0. The monoisotopic (exact) mass is 306 g/mol. The minimum Gasteiger partial charge on any atom is -0.497 e.